The number of fused-ring (bicyclic) bond motifs is 2. The van der Waals surface area contributed by atoms with Crippen LogP contribution in [-0.4, -0.2) is 55.3 Å². The van der Waals surface area contributed by atoms with E-state index in [2.05, 4.69) is 27.1 Å². The van der Waals surface area contributed by atoms with Gasteiger partial charge in [0.1, 0.15) is 11.4 Å². The van der Waals surface area contributed by atoms with Crippen LogP contribution in [0, 0.1) is 0 Å². The lowest BCUT2D eigenvalue weighted by Gasteiger charge is -2.48. The second-order valence-corrected chi connectivity index (χ2v) is 12.0. The number of piperidine rings is 1. The third-order valence-electron chi connectivity index (χ3n) is 7.52. The lowest BCUT2D eigenvalue weighted by molar-refractivity contribution is -0.114. The average molecular weight is 536 g/mol. The number of ether oxygens (including phenoxy) is 1. The molecule has 5 rings (SSSR count). The van der Waals surface area contributed by atoms with Crippen LogP contribution in [0.3, 0.4) is 0 Å². The predicted molar refractivity (Wildman–Crippen MR) is 142 cm³/mol. The fourth-order valence-corrected chi connectivity index (χ4v) is 6.40. The second kappa shape index (κ2) is 10.2. The zero-order chi connectivity index (χ0) is 24.8. The number of benzene rings is 2. The quantitative estimate of drug-likeness (QED) is 0.551. The lowest BCUT2D eigenvalue weighted by Crippen LogP contribution is -2.53. The SMILES string of the molecule is CC(=O)Nc1ccc2c(c1)CC[C@@H](N1CCC3(CC1)CC(O)c1cc(NS(C)(=O)=O)ccc1O3)C2.Cl. The molecule has 36 heavy (non-hydrogen) atoms. The number of sulfonamides is 1. The van der Waals surface area contributed by atoms with E-state index in [9.17, 15) is 18.3 Å². The molecule has 2 aromatic carbocycles. The van der Waals surface area contributed by atoms with E-state index in [0.717, 1.165) is 57.1 Å². The first-order valence-corrected chi connectivity index (χ1v) is 14.1. The Morgan fingerprint density at radius 3 is 2.53 bits per heavy atom. The molecule has 0 radical (unpaired) electrons. The first-order chi connectivity index (χ1) is 16.6. The maximum Gasteiger partial charge on any atom is 0.229 e. The van der Waals surface area contributed by atoms with Crippen molar-refractivity contribution in [2.45, 2.75) is 63.2 Å². The van der Waals surface area contributed by atoms with Crippen LogP contribution in [0.4, 0.5) is 11.4 Å². The van der Waals surface area contributed by atoms with E-state index in [1.165, 1.54) is 18.1 Å². The normalized spacial score (nSPS) is 23.0. The summed E-state index contributed by atoms with van der Waals surface area (Å²) in [5.41, 5.74) is 4.21. The highest BCUT2D eigenvalue weighted by Crippen LogP contribution is 2.45. The molecule has 0 saturated carbocycles. The van der Waals surface area contributed by atoms with Gasteiger partial charge in [-0.15, -0.1) is 12.4 Å². The molecule has 1 unspecified atom stereocenters. The van der Waals surface area contributed by atoms with Gasteiger partial charge in [0.25, 0.3) is 0 Å². The van der Waals surface area contributed by atoms with Gasteiger partial charge in [-0.3, -0.25) is 14.4 Å². The second-order valence-electron chi connectivity index (χ2n) is 10.2. The highest BCUT2D eigenvalue weighted by atomic mass is 35.5. The van der Waals surface area contributed by atoms with Crippen molar-refractivity contribution in [3.8, 4) is 5.75 Å². The van der Waals surface area contributed by atoms with Crippen molar-refractivity contribution in [2.24, 2.45) is 0 Å². The number of likely N-dealkylation sites (tertiary alicyclic amines) is 1. The van der Waals surface area contributed by atoms with Crippen LogP contribution in [0.2, 0.25) is 0 Å². The van der Waals surface area contributed by atoms with Gasteiger partial charge in [-0.1, -0.05) is 6.07 Å². The summed E-state index contributed by atoms with van der Waals surface area (Å²) >= 11 is 0. The largest absolute Gasteiger partial charge is 0.487 e. The van der Waals surface area contributed by atoms with Crippen molar-refractivity contribution in [2.75, 3.05) is 29.4 Å². The summed E-state index contributed by atoms with van der Waals surface area (Å²) in [4.78, 5) is 13.9. The first-order valence-electron chi connectivity index (χ1n) is 12.2. The molecule has 2 aliphatic heterocycles. The van der Waals surface area contributed by atoms with Gasteiger partial charge in [0, 0.05) is 49.4 Å². The minimum absolute atomic E-state index is 0. The van der Waals surface area contributed by atoms with Crippen molar-refractivity contribution in [3.63, 3.8) is 0 Å². The predicted octanol–water partition coefficient (Wildman–Crippen LogP) is 3.65. The minimum Gasteiger partial charge on any atom is -0.487 e. The monoisotopic (exact) mass is 535 g/mol. The highest BCUT2D eigenvalue weighted by Gasteiger charge is 2.44. The molecule has 0 aromatic heterocycles. The van der Waals surface area contributed by atoms with Crippen LogP contribution in [-0.2, 0) is 27.7 Å². The zero-order valence-corrected chi connectivity index (χ0v) is 22.3. The molecule has 1 amide bonds. The van der Waals surface area contributed by atoms with Gasteiger partial charge >= 0.3 is 0 Å². The number of nitrogens with one attached hydrogen (secondary N) is 2. The molecule has 1 spiro atoms. The number of aliphatic hydroxyl groups excluding tert-OH is 1. The van der Waals surface area contributed by atoms with Crippen LogP contribution >= 0.6 is 12.4 Å². The summed E-state index contributed by atoms with van der Waals surface area (Å²) in [6.07, 6.45) is 5.71. The van der Waals surface area contributed by atoms with Crippen LogP contribution in [0.1, 0.15) is 55.4 Å². The fraction of sp³-hybridized carbons (Fsp3) is 0.500. The van der Waals surface area contributed by atoms with Crippen LogP contribution in [0.25, 0.3) is 0 Å². The average Bonchev–Trinajstić information content (AvgIpc) is 2.78. The van der Waals surface area contributed by atoms with E-state index < -0.39 is 21.7 Å². The van der Waals surface area contributed by atoms with Crippen molar-refractivity contribution >= 4 is 39.7 Å². The topological polar surface area (TPSA) is 108 Å². The minimum atomic E-state index is -3.39. The highest BCUT2D eigenvalue weighted by molar-refractivity contribution is 7.92. The van der Waals surface area contributed by atoms with Crippen molar-refractivity contribution < 1.29 is 23.1 Å². The number of carbonyl (C=O) groups is 1. The molecule has 2 atom stereocenters. The zero-order valence-electron chi connectivity index (χ0n) is 20.6. The van der Waals surface area contributed by atoms with Gasteiger partial charge in [-0.2, -0.15) is 0 Å². The van der Waals surface area contributed by atoms with E-state index in [-0.39, 0.29) is 18.3 Å². The first kappa shape index (κ1) is 26.7. The van der Waals surface area contributed by atoms with Gasteiger partial charge in [0.05, 0.1) is 12.4 Å². The van der Waals surface area contributed by atoms with Gasteiger partial charge in [-0.05, 0) is 73.6 Å². The van der Waals surface area contributed by atoms with E-state index >= 15 is 0 Å². The molecule has 2 heterocycles. The standard InChI is InChI=1S/C26H33N3O5S.ClH/c1-17(30)27-20-5-3-19-14-22(7-4-18(19)13-20)29-11-9-26(10-12-29)16-24(31)23-15-21(28-35(2,32)33)6-8-25(23)34-26;/h3,5-6,8,13,15,22,24,28,31H,4,7,9-12,14,16H2,1-2H3,(H,27,30);1H/t22-,24?;/m1./s1. The smallest absolute Gasteiger partial charge is 0.229 e. The van der Waals surface area contributed by atoms with Gasteiger partial charge in [0.15, 0.2) is 0 Å². The number of carbonyl (C=O) groups excluding carboxylic acids is 1. The Kier molecular flexibility index (Phi) is 7.57. The Bertz CT molecular complexity index is 1240. The summed E-state index contributed by atoms with van der Waals surface area (Å²) in [5, 5.41) is 13.8. The van der Waals surface area contributed by atoms with Gasteiger partial charge in [-0.25, -0.2) is 8.42 Å². The number of hydrogen-bond donors (Lipinski definition) is 3. The molecule has 0 bridgehead atoms. The molecule has 1 fully saturated rings. The molecule has 196 valence electrons. The number of aryl methyl sites for hydroxylation is 1. The summed E-state index contributed by atoms with van der Waals surface area (Å²) in [5.74, 6) is 0.586. The maximum atomic E-state index is 11.6. The number of anilines is 2. The van der Waals surface area contributed by atoms with E-state index in [1.807, 2.05) is 6.07 Å². The molecule has 1 aliphatic carbocycles. The lowest BCUT2D eigenvalue weighted by atomic mass is 9.80. The third kappa shape index (κ3) is 5.80. The molecular formula is C26H34ClN3O5S. The van der Waals surface area contributed by atoms with Gasteiger partial charge in [0.2, 0.25) is 15.9 Å². The molecule has 2 aromatic rings. The van der Waals surface area contributed by atoms with Crippen LogP contribution in [0.5, 0.6) is 5.75 Å². The van der Waals surface area contributed by atoms with E-state index in [1.54, 1.807) is 18.2 Å². The van der Waals surface area contributed by atoms with Crippen LogP contribution < -0.4 is 14.8 Å². The number of halogens is 1. The van der Waals surface area contributed by atoms with Crippen LogP contribution in [0.15, 0.2) is 36.4 Å². The summed E-state index contributed by atoms with van der Waals surface area (Å²) in [6.45, 7) is 3.36. The molecule has 1 saturated heterocycles. The van der Waals surface area contributed by atoms with Crippen molar-refractivity contribution in [1.82, 2.24) is 4.90 Å². The number of amides is 1. The molecular weight excluding hydrogens is 502 g/mol. The number of nitrogens with zero attached hydrogens (tertiary/aromatic N) is 1. The molecule has 8 nitrogen and oxygen atoms in total. The van der Waals surface area contributed by atoms with E-state index in [0.29, 0.717) is 29.5 Å². The Morgan fingerprint density at radius 1 is 1.11 bits per heavy atom. The maximum absolute atomic E-state index is 11.6. The number of hydrogen-bond acceptors (Lipinski definition) is 6. The van der Waals surface area contributed by atoms with E-state index in [4.69, 9.17) is 4.74 Å². The summed E-state index contributed by atoms with van der Waals surface area (Å²) < 4.78 is 32.0. The Labute approximate surface area is 218 Å². The number of aliphatic hydroxyl groups is 1. The Balaban J connectivity index is 0.00000304. The Hall–Kier alpha value is -2.33. The summed E-state index contributed by atoms with van der Waals surface area (Å²) in [7, 11) is -3.39. The number of rotatable bonds is 4. The molecule has 10 heteroatoms. The fourth-order valence-electron chi connectivity index (χ4n) is 5.85. The summed E-state index contributed by atoms with van der Waals surface area (Å²) in [6, 6.07) is 11.8. The third-order valence-corrected chi connectivity index (χ3v) is 8.13. The molecule has 3 N–H and O–H groups in total. The van der Waals surface area contributed by atoms with Gasteiger partial charge < -0.3 is 15.2 Å². The van der Waals surface area contributed by atoms with Crippen molar-refractivity contribution in [1.29, 1.82) is 0 Å². The molecule has 3 aliphatic rings. The van der Waals surface area contributed by atoms with Crippen molar-refractivity contribution in [3.05, 3.63) is 53.1 Å². The Morgan fingerprint density at radius 2 is 1.83 bits per heavy atom.